The molecule has 36 heavy (non-hydrogen) atoms. The summed E-state index contributed by atoms with van der Waals surface area (Å²) in [6.45, 7) is 0.124. The number of thiocarbonyl (C=S) groups is 1. The Morgan fingerprint density at radius 3 is 2.64 bits per heavy atom. The topological polar surface area (TPSA) is 91.7 Å². The second kappa shape index (κ2) is 11.3. The number of methoxy groups -OCH3 is 1. The van der Waals surface area contributed by atoms with E-state index in [0.717, 1.165) is 16.8 Å². The number of hydrazine groups is 1. The van der Waals surface area contributed by atoms with Gasteiger partial charge in [0, 0.05) is 11.1 Å². The maximum atomic E-state index is 12.9. The fourth-order valence-electron chi connectivity index (χ4n) is 3.34. The highest BCUT2D eigenvalue weighted by atomic mass is 35.5. The van der Waals surface area contributed by atoms with Crippen molar-refractivity contribution in [3.63, 3.8) is 0 Å². The lowest BCUT2D eigenvalue weighted by atomic mass is 10.1. The molecule has 3 aromatic carbocycles. The van der Waals surface area contributed by atoms with Crippen molar-refractivity contribution in [2.24, 2.45) is 0 Å². The van der Waals surface area contributed by atoms with Crippen LogP contribution in [0, 0.1) is 11.3 Å². The van der Waals surface area contributed by atoms with E-state index in [-0.39, 0.29) is 16.0 Å². The molecule has 2 amide bonds. The summed E-state index contributed by atoms with van der Waals surface area (Å²) in [5.74, 6) is -0.238. The summed E-state index contributed by atoms with van der Waals surface area (Å²) in [7, 11) is 1.48. The molecule has 0 aliphatic carbocycles. The standard InChI is InChI=1S/C26H18ClN3O4S2/c1-33-21-12-16(11-20(27)23(21)34-15-19-10-6-5-9-18(19)14-28)13-22-25(32)30(26(35)36-22)29-24(31)17-7-3-2-4-8-17/h2-13H,15H2,1H3,(H,29,31)/b22-13-. The van der Waals surface area contributed by atoms with Gasteiger partial charge in [0.25, 0.3) is 11.8 Å². The fraction of sp³-hybridized carbons (Fsp3) is 0.0769. The minimum Gasteiger partial charge on any atom is -0.493 e. The number of nitriles is 1. The van der Waals surface area contributed by atoms with Gasteiger partial charge in [0.05, 0.1) is 28.7 Å². The van der Waals surface area contributed by atoms with Crippen LogP contribution in [0.25, 0.3) is 6.08 Å². The highest BCUT2D eigenvalue weighted by Crippen LogP contribution is 2.39. The first-order chi connectivity index (χ1) is 17.4. The molecular weight excluding hydrogens is 518 g/mol. The van der Waals surface area contributed by atoms with E-state index in [2.05, 4.69) is 11.5 Å². The Kier molecular flexibility index (Phi) is 7.90. The summed E-state index contributed by atoms with van der Waals surface area (Å²) in [5.41, 5.74) is 4.74. The third-order valence-corrected chi connectivity index (χ3v) is 6.69. The molecule has 1 saturated heterocycles. The van der Waals surface area contributed by atoms with Gasteiger partial charge in [0.2, 0.25) is 0 Å². The van der Waals surface area contributed by atoms with Gasteiger partial charge in [-0.1, -0.05) is 59.8 Å². The summed E-state index contributed by atoms with van der Waals surface area (Å²) < 4.78 is 11.5. The molecule has 1 heterocycles. The molecule has 1 aliphatic rings. The van der Waals surface area contributed by atoms with Gasteiger partial charge in [-0.3, -0.25) is 15.0 Å². The van der Waals surface area contributed by atoms with Crippen molar-refractivity contribution in [2.75, 3.05) is 7.11 Å². The molecular formula is C26H18ClN3O4S2. The molecule has 4 rings (SSSR count). The average Bonchev–Trinajstić information content (AvgIpc) is 3.15. The molecule has 0 radical (unpaired) electrons. The molecule has 0 saturated carbocycles. The number of nitrogens with zero attached hydrogens (tertiary/aromatic N) is 2. The largest absolute Gasteiger partial charge is 0.493 e. The number of nitrogens with one attached hydrogen (secondary N) is 1. The molecule has 180 valence electrons. The summed E-state index contributed by atoms with van der Waals surface area (Å²) in [6, 6.07) is 21.1. The van der Waals surface area contributed by atoms with E-state index in [4.69, 9.17) is 33.3 Å². The van der Waals surface area contributed by atoms with Crippen molar-refractivity contribution in [2.45, 2.75) is 6.61 Å². The van der Waals surface area contributed by atoms with Crippen molar-refractivity contribution < 1.29 is 19.1 Å². The van der Waals surface area contributed by atoms with Crippen LogP contribution in [0.4, 0.5) is 0 Å². The number of carbonyl (C=O) groups is 2. The smallest absolute Gasteiger partial charge is 0.285 e. The van der Waals surface area contributed by atoms with Crippen molar-refractivity contribution in [3.8, 4) is 17.6 Å². The molecule has 0 atom stereocenters. The van der Waals surface area contributed by atoms with E-state index < -0.39 is 11.8 Å². The van der Waals surface area contributed by atoms with E-state index >= 15 is 0 Å². The summed E-state index contributed by atoms with van der Waals surface area (Å²) >= 11 is 12.8. The Hall–Kier alpha value is -3.84. The first-order valence-electron chi connectivity index (χ1n) is 10.5. The highest BCUT2D eigenvalue weighted by Gasteiger charge is 2.34. The van der Waals surface area contributed by atoms with E-state index in [1.165, 1.54) is 7.11 Å². The molecule has 1 fully saturated rings. The summed E-state index contributed by atoms with van der Waals surface area (Å²) in [4.78, 5) is 25.7. The third-order valence-electron chi connectivity index (χ3n) is 5.10. The second-order valence-electron chi connectivity index (χ2n) is 7.42. The first-order valence-corrected chi connectivity index (χ1v) is 12.1. The van der Waals surface area contributed by atoms with Crippen LogP contribution >= 0.6 is 35.6 Å². The normalized spacial score (nSPS) is 14.0. The van der Waals surface area contributed by atoms with Gasteiger partial charge in [-0.15, -0.1) is 0 Å². The van der Waals surface area contributed by atoms with Gasteiger partial charge in [-0.25, -0.2) is 0 Å². The zero-order valence-electron chi connectivity index (χ0n) is 18.9. The lowest BCUT2D eigenvalue weighted by Gasteiger charge is -2.15. The summed E-state index contributed by atoms with van der Waals surface area (Å²) in [5, 5.41) is 10.6. The Labute approximate surface area is 222 Å². The molecule has 0 spiro atoms. The molecule has 1 N–H and O–H groups in total. The predicted molar refractivity (Wildman–Crippen MR) is 142 cm³/mol. The van der Waals surface area contributed by atoms with Gasteiger partial charge < -0.3 is 9.47 Å². The van der Waals surface area contributed by atoms with Crippen molar-refractivity contribution in [3.05, 3.63) is 98.9 Å². The van der Waals surface area contributed by atoms with Crippen LogP contribution in [0.15, 0.2) is 71.6 Å². The Bertz CT molecular complexity index is 1420. The van der Waals surface area contributed by atoms with E-state index in [0.29, 0.717) is 38.7 Å². The maximum absolute atomic E-state index is 12.9. The van der Waals surface area contributed by atoms with Crippen molar-refractivity contribution in [1.82, 2.24) is 10.4 Å². The van der Waals surface area contributed by atoms with Crippen LogP contribution in [0.1, 0.15) is 27.0 Å². The zero-order chi connectivity index (χ0) is 25.7. The Morgan fingerprint density at radius 1 is 1.19 bits per heavy atom. The number of ether oxygens (including phenoxy) is 2. The molecule has 7 nitrogen and oxygen atoms in total. The van der Waals surface area contributed by atoms with Crippen LogP contribution in [-0.2, 0) is 11.4 Å². The van der Waals surface area contributed by atoms with E-state index in [1.54, 1.807) is 66.7 Å². The Morgan fingerprint density at radius 2 is 1.92 bits per heavy atom. The van der Waals surface area contributed by atoms with Crippen molar-refractivity contribution in [1.29, 1.82) is 5.26 Å². The molecule has 1 aliphatic heterocycles. The van der Waals surface area contributed by atoms with E-state index in [1.807, 2.05) is 6.07 Å². The van der Waals surface area contributed by atoms with Gasteiger partial charge in [0.15, 0.2) is 15.8 Å². The molecule has 0 bridgehead atoms. The van der Waals surface area contributed by atoms with Crippen LogP contribution in [0.3, 0.4) is 0 Å². The number of amides is 2. The quantitative estimate of drug-likeness (QED) is 0.322. The zero-order valence-corrected chi connectivity index (χ0v) is 21.2. The first kappa shape index (κ1) is 25.3. The van der Waals surface area contributed by atoms with E-state index in [9.17, 15) is 14.9 Å². The van der Waals surface area contributed by atoms with Crippen LogP contribution in [0.5, 0.6) is 11.5 Å². The number of benzene rings is 3. The van der Waals surface area contributed by atoms with Crippen LogP contribution < -0.4 is 14.9 Å². The van der Waals surface area contributed by atoms with Gasteiger partial charge in [0.1, 0.15) is 6.61 Å². The van der Waals surface area contributed by atoms with Gasteiger partial charge >= 0.3 is 0 Å². The average molecular weight is 536 g/mol. The molecule has 0 unspecified atom stereocenters. The number of carbonyl (C=O) groups excluding carboxylic acids is 2. The summed E-state index contributed by atoms with van der Waals surface area (Å²) in [6.07, 6.45) is 1.61. The number of rotatable bonds is 7. The minimum absolute atomic E-state index is 0.124. The van der Waals surface area contributed by atoms with Gasteiger partial charge in [-0.05, 0) is 54.2 Å². The minimum atomic E-state index is -0.460. The molecule has 10 heteroatoms. The molecule has 3 aromatic rings. The second-order valence-corrected chi connectivity index (χ2v) is 9.50. The van der Waals surface area contributed by atoms with Gasteiger partial charge in [-0.2, -0.15) is 10.3 Å². The Balaban J connectivity index is 1.53. The molecule has 0 aromatic heterocycles. The monoisotopic (exact) mass is 535 g/mol. The number of thioether (sulfide) groups is 1. The number of halogens is 1. The maximum Gasteiger partial charge on any atom is 0.285 e. The highest BCUT2D eigenvalue weighted by molar-refractivity contribution is 8.26. The van der Waals surface area contributed by atoms with Crippen LogP contribution in [0.2, 0.25) is 5.02 Å². The lowest BCUT2D eigenvalue weighted by Crippen LogP contribution is -2.44. The number of hydrogen-bond donors (Lipinski definition) is 1. The number of hydrogen-bond acceptors (Lipinski definition) is 7. The van der Waals surface area contributed by atoms with Crippen LogP contribution in [-0.4, -0.2) is 28.3 Å². The predicted octanol–water partition coefficient (Wildman–Crippen LogP) is 5.35. The van der Waals surface area contributed by atoms with Crippen molar-refractivity contribution >= 4 is 57.8 Å². The third kappa shape index (κ3) is 5.52. The SMILES string of the molecule is COc1cc(/C=C2\SC(=S)N(NC(=O)c3ccccc3)C2=O)cc(Cl)c1OCc1ccccc1C#N. The lowest BCUT2D eigenvalue weighted by molar-refractivity contribution is -0.123. The fourth-order valence-corrected chi connectivity index (χ4v) is 4.79.